The van der Waals surface area contributed by atoms with E-state index in [2.05, 4.69) is 0 Å². The summed E-state index contributed by atoms with van der Waals surface area (Å²) in [6, 6.07) is 20.7. The molecule has 0 aliphatic carbocycles. The van der Waals surface area contributed by atoms with Crippen LogP contribution >= 0.6 is 11.8 Å². The summed E-state index contributed by atoms with van der Waals surface area (Å²) in [6.45, 7) is -0.166. The number of aliphatic hydroxyl groups is 1. The molecule has 0 heterocycles. The minimum absolute atomic E-state index is 0.217. The number of carbonyl (C=O) groups is 1. The predicted octanol–water partition coefficient (Wildman–Crippen LogP) is 3.84. The predicted molar refractivity (Wildman–Crippen MR) is 106 cm³/mol. The van der Waals surface area contributed by atoms with Crippen LogP contribution in [0.25, 0.3) is 10.8 Å². The van der Waals surface area contributed by atoms with Gasteiger partial charge >= 0.3 is 5.97 Å². The minimum Gasteiger partial charge on any atom is -0.491 e. The van der Waals surface area contributed by atoms with Crippen molar-refractivity contribution in [2.45, 2.75) is 11.0 Å². The molecule has 3 aromatic rings. The molecule has 0 aliphatic heterocycles. The van der Waals surface area contributed by atoms with E-state index in [1.807, 2.05) is 60.7 Å². The van der Waals surface area contributed by atoms with Crippen molar-refractivity contribution in [2.24, 2.45) is 0 Å². The molecule has 1 atom stereocenters. The Morgan fingerprint density at radius 2 is 1.67 bits per heavy atom. The van der Waals surface area contributed by atoms with E-state index in [0.717, 1.165) is 21.4 Å². The number of hydrogen-bond donors (Lipinski definition) is 2. The van der Waals surface area contributed by atoms with Crippen molar-refractivity contribution in [2.75, 3.05) is 19.0 Å². The van der Waals surface area contributed by atoms with Crippen molar-refractivity contribution in [1.82, 2.24) is 0 Å². The molecule has 0 aromatic heterocycles. The summed E-state index contributed by atoms with van der Waals surface area (Å²) >= 11 is 1.52. The summed E-state index contributed by atoms with van der Waals surface area (Å²) in [7, 11) is 0. The van der Waals surface area contributed by atoms with Crippen LogP contribution in [0.4, 0.5) is 0 Å². The largest absolute Gasteiger partial charge is 0.491 e. The van der Waals surface area contributed by atoms with E-state index in [9.17, 15) is 9.90 Å². The molecule has 0 spiro atoms. The zero-order chi connectivity index (χ0) is 19.1. The molecule has 3 rings (SSSR count). The van der Waals surface area contributed by atoms with Gasteiger partial charge in [-0.2, -0.15) is 0 Å². The topological polar surface area (TPSA) is 76.0 Å². The van der Waals surface area contributed by atoms with Crippen LogP contribution in [0, 0.1) is 0 Å². The Morgan fingerprint density at radius 3 is 2.44 bits per heavy atom. The van der Waals surface area contributed by atoms with Gasteiger partial charge in [0.25, 0.3) is 0 Å². The molecule has 3 aromatic carbocycles. The summed E-state index contributed by atoms with van der Waals surface area (Å²) in [4.78, 5) is 11.7. The van der Waals surface area contributed by atoms with Crippen molar-refractivity contribution in [3.8, 4) is 11.5 Å². The highest BCUT2D eigenvalue weighted by atomic mass is 32.2. The highest BCUT2D eigenvalue weighted by Crippen LogP contribution is 2.33. The molecule has 0 bridgehead atoms. The molecule has 0 saturated carbocycles. The number of benzene rings is 3. The minimum atomic E-state index is -1.01. The van der Waals surface area contributed by atoms with Crippen LogP contribution in [-0.4, -0.2) is 41.3 Å². The number of aliphatic hydroxyl groups excluding tert-OH is 1. The number of hydrogen-bond acceptors (Lipinski definition) is 5. The van der Waals surface area contributed by atoms with Gasteiger partial charge in [-0.1, -0.05) is 42.5 Å². The van der Waals surface area contributed by atoms with Gasteiger partial charge in [0, 0.05) is 16.0 Å². The van der Waals surface area contributed by atoms with E-state index < -0.39 is 12.1 Å². The molecule has 2 N–H and O–H groups in total. The van der Waals surface area contributed by atoms with Gasteiger partial charge in [0.15, 0.2) is 6.61 Å². The quantitative estimate of drug-likeness (QED) is 0.546. The van der Waals surface area contributed by atoms with Crippen molar-refractivity contribution in [1.29, 1.82) is 0 Å². The summed E-state index contributed by atoms with van der Waals surface area (Å²) in [6.07, 6.45) is -0.614. The van der Waals surface area contributed by atoms with Crippen LogP contribution in [0.1, 0.15) is 0 Å². The Kier molecular flexibility index (Phi) is 6.57. The Hall–Kier alpha value is -2.70. The van der Waals surface area contributed by atoms with Crippen LogP contribution in [0.15, 0.2) is 71.6 Å². The standard InChI is InChI=1S/C21H20O5S/c22-15(12-25-16-6-2-1-3-7-16)14-27-20-11-5-8-17-18(20)9-4-10-19(17)26-13-21(23)24/h1-11,15,22H,12-14H2,(H,23,24). The van der Waals surface area contributed by atoms with E-state index in [0.29, 0.717) is 11.5 Å². The summed E-state index contributed by atoms with van der Waals surface area (Å²) in [5.41, 5.74) is 0. The number of aliphatic carboxylic acids is 1. The van der Waals surface area contributed by atoms with Crippen molar-refractivity contribution in [3.63, 3.8) is 0 Å². The molecule has 0 fully saturated rings. The molecule has 6 heteroatoms. The Morgan fingerprint density at radius 1 is 0.926 bits per heavy atom. The first-order valence-corrected chi connectivity index (χ1v) is 9.47. The second kappa shape index (κ2) is 9.30. The average Bonchev–Trinajstić information content (AvgIpc) is 2.69. The zero-order valence-electron chi connectivity index (χ0n) is 14.6. The second-order valence-corrected chi connectivity index (χ2v) is 6.94. The number of ether oxygens (including phenoxy) is 2. The maximum atomic E-state index is 10.7. The number of carboxylic acid groups (broad SMARTS) is 1. The molecule has 27 heavy (non-hydrogen) atoms. The first-order valence-electron chi connectivity index (χ1n) is 8.48. The molecule has 0 aliphatic rings. The van der Waals surface area contributed by atoms with Crippen LogP contribution < -0.4 is 9.47 Å². The molecule has 5 nitrogen and oxygen atoms in total. The molecule has 0 amide bonds. The number of fused-ring (bicyclic) bond motifs is 1. The van der Waals surface area contributed by atoms with Gasteiger partial charge in [-0.3, -0.25) is 0 Å². The lowest BCUT2D eigenvalue weighted by atomic mass is 10.1. The van der Waals surface area contributed by atoms with Gasteiger partial charge < -0.3 is 19.7 Å². The Balaban J connectivity index is 1.64. The van der Waals surface area contributed by atoms with Gasteiger partial charge in [-0.15, -0.1) is 11.8 Å². The first kappa shape index (κ1) is 19.1. The second-order valence-electron chi connectivity index (χ2n) is 5.88. The van der Waals surface area contributed by atoms with Crippen LogP contribution in [0.5, 0.6) is 11.5 Å². The number of carboxylic acids is 1. The van der Waals surface area contributed by atoms with Crippen molar-refractivity contribution in [3.05, 3.63) is 66.7 Å². The maximum Gasteiger partial charge on any atom is 0.341 e. The first-order chi connectivity index (χ1) is 13.1. The lowest BCUT2D eigenvalue weighted by Gasteiger charge is -2.14. The third-order valence-electron chi connectivity index (χ3n) is 3.81. The smallest absolute Gasteiger partial charge is 0.341 e. The highest BCUT2D eigenvalue weighted by Gasteiger charge is 2.11. The van der Waals surface area contributed by atoms with E-state index in [1.54, 1.807) is 6.07 Å². The van der Waals surface area contributed by atoms with Crippen LogP contribution in [-0.2, 0) is 4.79 Å². The summed E-state index contributed by atoms with van der Waals surface area (Å²) in [5.74, 6) is 0.725. The molecular weight excluding hydrogens is 364 g/mol. The summed E-state index contributed by atoms with van der Waals surface area (Å²) in [5, 5.41) is 20.8. The van der Waals surface area contributed by atoms with E-state index in [4.69, 9.17) is 14.6 Å². The fourth-order valence-corrected chi connectivity index (χ4v) is 3.56. The molecular formula is C21H20O5S. The zero-order valence-corrected chi connectivity index (χ0v) is 15.4. The normalized spacial score (nSPS) is 11.9. The third kappa shape index (κ3) is 5.39. The number of para-hydroxylation sites is 1. The monoisotopic (exact) mass is 384 g/mol. The van der Waals surface area contributed by atoms with Crippen molar-refractivity contribution < 1.29 is 24.5 Å². The van der Waals surface area contributed by atoms with Gasteiger partial charge in [0.2, 0.25) is 0 Å². The van der Waals surface area contributed by atoms with Gasteiger partial charge in [-0.05, 0) is 29.7 Å². The van der Waals surface area contributed by atoms with Gasteiger partial charge in [0.1, 0.15) is 18.1 Å². The van der Waals surface area contributed by atoms with E-state index >= 15 is 0 Å². The average molecular weight is 384 g/mol. The van der Waals surface area contributed by atoms with Crippen molar-refractivity contribution >= 4 is 28.5 Å². The molecule has 0 radical (unpaired) electrons. The Labute approximate surface area is 161 Å². The fraction of sp³-hybridized carbons (Fsp3) is 0.190. The van der Waals surface area contributed by atoms with Gasteiger partial charge in [-0.25, -0.2) is 4.79 Å². The SMILES string of the molecule is O=C(O)COc1cccc2c(SCC(O)COc3ccccc3)cccc12. The number of thioether (sulfide) groups is 1. The lowest BCUT2D eigenvalue weighted by Crippen LogP contribution is -2.20. The molecule has 1 unspecified atom stereocenters. The third-order valence-corrected chi connectivity index (χ3v) is 5.03. The molecule has 0 saturated heterocycles. The van der Waals surface area contributed by atoms with E-state index in [-0.39, 0.29) is 13.2 Å². The van der Waals surface area contributed by atoms with Crippen LogP contribution in [0.2, 0.25) is 0 Å². The molecule has 140 valence electrons. The Bertz CT molecular complexity index is 897. The number of rotatable bonds is 9. The highest BCUT2D eigenvalue weighted by molar-refractivity contribution is 7.99. The summed E-state index contributed by atoms with van der Waals surface area (Å²) < 4.78 is 10.9. The maximum absolute atomic E-state index is 10.7. The van der Waals surface area contributed by atoms with Gasteiger partial charge in [0.05, 0.1) is 6.10 Å². The van der Waals surface area contributed by atoms with Crippen LogP contribution in [0.3, 0.4) is 0 Å². The van der Waals surface area contributed by atoms with E-state index in [1.165, 1.54) is 11.8 Å². The fourth-order valence-electron chi connectivity index (χ4n) is 2.59. The lowest BCUT2D eigenvalue weighted by molar-refractivity contribution is -0.139.